The Morgan fingerprint density at radius 2 is 2.11 bits per heavy atom. The molecule has 0 unspecified atom stereocenters. The van der Waals surface area contributed by atoms with Crippen LogP contribution in [0.25, 0.3) is 0 Å². The molecular weight excluding hydrogens is 341 g/mol. The van der Waals surface area contributed by atoms with Gasteiger partial charge in [0.05, 0.1) is 6.61 Å². The number of methoxy groups -OCH3 is 1. The lowest BCUT2D eigenvalue weighted by molar-refractivity contribution is 0.184. The first-order valence-corrected chi connectivity index (χ1v) is 5.98. The van der Waals surface area contributed by atoms with E-state index in [0.29, 0.717) is 6.61 Å². The van der Waals surface area contributed by atoms with Crippen LogP contribution in [0.2, 0.25) is 0 Å². The van der Waals surface area contributed by atoms with Gasteiger partial charge in [0, 0.05) is 26.7 Å². The molecule has 2 N–H and O–H groups in total. The van der Waals surface area contributed by atoms with Gasteiger partial charge >= 0.3 is 0 Å². The molecule has 1 aliphatic rings. The highest BCUT2D eigenvalue weighted by molar-refractivity contribution is 14.0. The van der Waals surface area contributed by atoms with E-state index in [4.69, 9.17) is 4.74 Å². The molecule has 100 valence electrons. The molecule has 0 bridgehead atoms. The first-order chi connectivity index (χ1) is 8.40. The minimum atomic E-state index is 0. The minimum Gasteiger partial charge on any atom is -0.380 e. The van der Waals surface area contributed by atoms with E-state index in [0.717, 1.165) is 32.0 Å². The Kier molecular flexibility index (Phi) is 7.04. The molecule has 0 saturated heterocycles. The Bertz CT molecular complexity index is 396. The molecule has 0 radical (unpaired) electrons. The fourth-order valence-electron chi connectivity index (χ4n) is 1.86. The van der Waals surface area contributed by atoms with Crippen molar-refractivity contribution in [2.45, 2.75) is 19.6 Å². The smallest absolute Gasteiger partial charge is 0.191 e. The summed E-state index contributed by atoms with van der Waals surface area (Å²) in [6, 6.07) is 8.29. The van der Waals surface area contributed by atoms with Crippen molar-refractivity contribution >= 4 is 29.9 Å². The molecule has 5 heteroatoms. The number of rotatable bonds is 4. The fourth-order valence-corrected chi connectivity index (χ4v) is 1.86. The number of nitrogens with zero attached hydrogens (tertiary/aromatic N) is 1. The molecule has 1 heterocycles. The molecule has 2 rings (SSSR count). The maximum atomic E-state index is 5.19. The monoisotopic (exact) mass is 361 g/mol. The number of ether oxygens (including phenoxy) is 1. The third-order valence-corrected chi connectivity index (χ3v) is 2.76. The predicted octanol–water partition coefficient (Wildman–Crippen LogP) is 1.89. The summed E-state index contributed by atoms with van der Waals surface area (Å²) < 4.78 is 5.19. The Balaban J connectivity index is 0.00000162. The highest BCUT2D eigenvalue weighted by Gasteiger charge is 2.05. The van der Waals surface area contributed by atoms with Crippen LogP contribution in [0.5, 0.6) is 0 Å². The molecule has 0 fully saturated rings. The van der Waals surface area contributed by atoms with Crippen LogP contribution in [0.1, 0.15) is 17.5 Å². The van der Waals surface area contributed by atoms with Crippen LogP contribution in [-0.2, 0) is 17.9 Å². The van der Waals surface area contributed by atoms with Crippen LogP contribution in [-0.4, -0.2) is 26.2 Å². The first-order valence-electron chi connectivity index (χ1n) is 5.98. The van der Waals surface area contributed by atoms with Crippen molar-refractivity contribution in [3.05, 3.63) is 35.4 Å². The minimum absolute atomic E-state index is 0. The molecular formula is C13H20IN3O. The van der Waals surface area contributed by atoms with Crippen LogP contribution in [0.4, 0.5) is 0 Å². The Morgan fingerprint density at radius 3 is 2.78 bits per heavy atom. The van der Waals surface area contributed by atoms with Crippen molar-refractivity contribution in [3.63, 3.8) is 0 Å². The second-order valence-electron chi connectivity index (χ2n) is 4.07. The summed E-state index contributed by atoms with van der Waals surface area (Å²) in [5.74, 6) is 0.906. The third kappa shape index (κ3) is 4.45. The maximum Gasteiger partial charge on any atom is 0.191 e. The van der Waals surface area contributed by atoms with Gasteiger partial charge in [-0.2, -0.15) is 0 Å². The number of benzene rings is 1. The lowest BCUT2D eigenvalue weighted by Gasteiger charge is -2.17. The summed E-state index contributed by atoms with van der Waals surface area (Å²) in [6.45, 7) is 3.35. The summed E-state index contributed by atoms with van der Waals surface area (Å²) in [5.41, 5.74) is 2.48. The first kappa shape index (κ1) is 15.2. The summed E-state index contributed by atoms with van der Waals surface area (Å²) in [5, 5.41) is 6.57. The van der Waals surface area contributed by atoms with Crippen molar-refractivity contribution < 1.29 is 4.74 Å². The van der Waals surface area contributed by atoms with Gasteiger partial charge in [-0.05, 0) is 17.5 Å². The number of nitrogens with one attached hydrogen (secondary N) is 2. The van der Waals surface area contributed by atoms with E-state index in [2.05, 4.69) is 27.8 Å². The number of halogens is 1. The number of guanidine groups is 1. The van der Waals surface area contributed by atoms with Gasteiger partial charge in [-0.3, -0.25) is 4.99 Å². The molecule has 18 heavy (non-hydrogen) atoms. The van der Waals surface area contributed by atoms with E-state index in [1.165, 1.54) is 11.1 Å². The fraction of sp³-hybridized carbons (Fsp3) is 0.462. The summed E-state index contributed by atoms with van der Waals surface area (Å²) >= 11 is 0. The number of aliphatic imine (C=N–C) groups is 1. The Hall–Kier alpha value is -0.820. The van der Waals surface area contributed by atoms with Gasteiger partial charge in [-0.15, -0.1) is 24.0 Å². The number of hydrogen-bond acceptors (Lipinski definition) is 4. The van der Waals surface area contributed by atoms with Gasteiger partial charge in [0.25, 0.3) is 0 Å². The molecule has 1 aromatic rings. The molecule has 1 aliphatic heterocycles. The van der Waals surface area contributed by atoms with Crippen LogP contribution >= 0.6 is 24.0 Å². The summed E-state index contributed by atoms with van der Waals surface area (Å²) in [4.78, 5) is 4.38. The van der Waals surface area contributed by atoms with Crippen molar-refractivity contribution in [2.24, 2.45) is 4.99 Å². The largest absolute Gasteiger partial charge is 0.380 e. The van der Waals surface area contributed by atoms with Crippen LogP contribution in [0.15, 0.2) is 29.3 Å². The predicted molar refractivity (Wildman–Crippen MR) is 84.3 cm³/mol. The van der Waals surface area contributed by atoms with E-state index in [9.17, 15) is 0 Å². The second-order valence-corrected chi connectivity index (χ2v) is 4.07. The van der Waals surface area contributed by atoms with Crippen molar-refractivity contribution in [2.75, 3.05) is 20.2 Å². The van der Waals surface area contributed by atoms with E-state index in [-0.39, 0.29) is 24.0 Å². The van der Waals surface area contributed by atoms with E-state index in [1.807, 2.05) is 12.1 Å². The van der Waals surface area contributed by atoms with Crippen molar-refractivity contribution in [3.8, 4) is 0 Å². The standard InChI is InChI=1S/C13H19N3O.HI/c1-17-10-12-6-3-2-5-11(12)9-16-13-14-7-4-8-15-13;/h2-3,5-6H,4,7-10H2,1H3,(H2,14,15,16);1H. The topological polar surface area (TPSA) is 45.6 Å². The maximum absolute atomic E-state index is 5.19. The van der Waals surface area contributed by atoms with E-state index in [1.54, 1.807) is 7.11 Å². The highest BCUT2D eigenvalue weighted by atomic mass is 127. The molecule has 4 nitrogen and oxygen atoms in total. The number of hydrogen-bond donors (Lipinski definition) is 2. The third-order valence-electron chi connectivity index (χ3n) is 2.76. The summed E-state index contributed by atoms with van der Waals surface area (Å²) in [6.07, 6.45) is 1.12. The van der Waals surface area contributed by atoms with Gasteiger partial charge in [-0.1, -0.05) is 24.3 Å². The van der Waals surface area contributed by atoms with Gasteiger partial charge in [-0.25, -0.2) is 0 Å². The Morgan fingerprint density at radius 1 is 1.33 bits per heavy atom. The van der Waals surface area contributed by atoms with Crippen LogP contribution < -0.4 is 10.6 Å². The quantitative estimate of drug-likeness (QED) is 0.806. The molecule has 1 aromatic carbocycles. The highest BCUT2D eigenvalue weighted by Crippen LogP contribution is 2.09. The van der Waals surface area contributed by atoms with Crippen molar-refractivity contribution in [1.82, 2.24) is 10.6 Å². The summed E-state index contributed by atoms with van der Waals surface area (Å²) in [7, 11) is 1.72. The zero-order chi connectivity index (χ0) is 11.9. The second kappa shape index (κ2) is 8.31. The van der Waals surface area contributed by atoms with Gasteiger partial charge in [0.2, 0.25) is 0 Å². The van der Waals surface area contributed by atoms with Gasteiger partial charge in [0.15, 0.2) is 5.96 Å². The van der Waals surface area contributed by atoms with Gasteiger partial charge < -0.3 is 15.4 Å². The molecule has 0 atom stereocenters. The zero-order valence-corrected chi connectivity index (χ0v) is 12.9. The lowest BCUT2D eigenvalue weighted by Crippen LogP contribution is -2.40. The van der Waals surface area contributed by atoms with Gasteiger partial charge in [0.1, 0.15) is 0 Å². The Labute approximate surface area is 125 Å². The van der Waals surface area contributed by atoms with E-state index < -0.39 is 0 Å². The molecule has 0 aliphatic carbocycles. The molecule has 0 spiro atoms. The zero-order valence-electron chi connectivity index (χ0n) is 10.6. The molecule has 0 aromatic heterocycles. The van der Waals surface area contributed by atoms with Crippen molar-refractivity contribution in [1.29, 1.82) is 0 Å². The van der Waals surface area contributed by atoms with E-state index >= 15 is 0 Å². The lowest BCUT2D eigenvalue weighted by atomic mass is 10.1. The average Bonchev–Trinajstić information content (AvgIpc) is 2.39. The van der Waals surface area contributed by atoms with Crippen LogP contribution in [0.3, 0.4) is 0 Å². The molecule has 0 saturated carbocycles. The molecule has 0 amide bonds. The normalized spacial score (nSPS) is 14.2. The van der Waals surface area contributed by atoms with Crippen LogP contribution in [0, 0.1) is 0 Å². The average molecular weight is 361 g/mol. The SMILES string of the molecule is COCc1ccccc1CNC1=NCCCN1.I.